The molecular weight excluding hydrogens is 321 g/mol. The Hall–Kier alpha value is -1.71. The Labute approximate surface area is 140 Å². The third-order valence-electron chi connectivity index (χ3n) is 3.25. The van der Waals surface area contributed by atoms with Gasteiger partial charge >= 0.3 is 0 Å². The van der Waals surface area contributed by atoms with E-state index in [0.717, 1.165) is 11.1 Å². The summed E-state index contributed by atoms with van der Waals surface area (Å²) in [6.07, 6.45) is -0.638. The Morgan fingerprint density at radius 2 is 1.77 bits per heavy atom. The summed E-state index contributed by atoms with van der Waals surface area (Å²) in [6.45, 7) is 5.48. The number of hydrogen-bond acceptors (Lipinski definition) is 2. The van der Waals surface area contributed by atoms with Crippen LogP contribution in [0.3, 0.4) is 0 Å². The van der Waals surface area contributed by atoms with Crippen LogP contribution in [0.15, 0.2) is 36.4 Å². The molecule has 0 saturated carbocycles. The number of carbonyl (C=O) groups excluding carboxylic acids is 1. The van der Waals surface area contributed by atoms with Gasteiger partial charge in [0, 0.05) is 15.7 Å². The Balaban J connectivity index is 2.02. The molecule has 22 heavy (non-hydrogen) atoms. The van der Waals surface area contributed by atoms with E-state index >= 15 is 0 Å². The first-order chi connectivity index (χ1) is 10.4. The van der Waals surface area contributed by atoms with Crippen molar-refractivity contribution in [1.82, 2.24) is 0 Å². The van der Waals surface area contributed by atoms with E-state index in [2.05, 4.69) is 5.32 Å². The second-order valence-corrected chi connectivity index (χ2v) is 5.94. The lowest BCUT2D eigenvalue weighted by atomic mass is 10.2. The van der Waals surface area contributed by atoms with Gasteiger partial charge in [-0.15, -0.1) is 0 Å². The lowest BCUT2D eigenvalue weighted by Crippen LogP contribution is -2.30. The van der Waals surface area contributed by atoms with Crippen molar-refractivity contribution >= 4 is 34.8 Å². The average Bonchev–Trinajstić information content (AvgIpc) is 2.46. The fourth-order valence-corrected chi connectivity index (χ4v) is 2.16. The molecule has 0 bridgehead atoms. The lowest BCUT2D eigenvalue weighted by Gasteiger charge is -2.15. The summed E-state index contributed by atoms with van der Waals surface area (Å²) in [5, 5.41) is 4.06. The number of rotatable bonds is 4. The van der Waals surface area contributed by atoms with Crippen molar-refractivity contribution in [2.24, 2.45) is 0 Å². The zero-order chi connectivity index (χ0) is 16.3. The van der Waals surface area contributed by atoms with Crippen molar-refractivity contribution in [2.75, 3.05) is 5.32 Å². The number of halogens is 2. The van der Waals surface area contributed by atoms with Gasteiger partial charge < -0.3 is 10.1 Å². The molecule has 5 heteroatoms. The Morgan fingerprint density at radius 3 is 2.41 bits per heavy atom. The van der Waals surface area contributed by atoms with E-state index in [-0.39, 0.29) is 5.91 Å². The normalized spacial score (nSPS) is 11.9. The minimum absolute atomic E-state index is 0.243. The van der Waals surface area contributed by atoms with Crippen LogP contribution in [-0.2, 0) is 4.79 Å². The third-order valence-corrected chi connectivity index (χ3v) is 4.08. The molecule has 0 aliphatic carbocycles. The molecule has 1 atom stereocenters. The monoisotopic (exact) mass is 337 g/mol. The van der Waals surface area contributed by atoms with Crippen molar-refractivity contribution in [2.45, 2.75) is 26.9 Å². The highest BCUT2D eigenvalue weighted by Crippen LogP contribution is 2.23. The van der Waals surface area contributed by atoms with Crippen LogP contribution in [-0.4, -0.2) is 12.0 Å². The van der Waals surface area contributed by atoms with Gasteiger partial charge in [-0.05, 0) is 62.2 Å². The molecule has 116 valence electrons. The largest absolute Gasteiger partial charge is 0.481 e. The van der Waals surface area contributed by atoms with Crippen LogP contribution in [0.5, 0.6) is 5.75 Å². The molecule has 0 aliphatic rings. The van der Waals surface area contributed by atoms with Crippen molar-refractivity contribution < 1.29 is 9.53 Å². The number of carbonyl (C=O) groups is 1. The molecule has 1 N–H and O–H groups in total. The van der Waals surface area contributed by atoms with Crippen LogP contribution in [0.1, 0.15) is 18.1 Å². The molecule has 2 aromatic rings. The maximum absolute atomic E-state index is 12.2. The second-order valence-electron chi connectivity index (χ2n) is 5.12. The Bertz CT molecular complexity index is 701. The summed E-state index contributed by atoms with van der Waals surface area (Å²) < 4.78 is 5.63. The number of nitrogens with one attached hydrogen (secondary N) is 1. The smallest absolute Gasteiger partial charge is 0.265 e. The summed E-state index contributed by atoms with van der Waals surface area (Å²) >= 11 is 12.0. The SMILES string of the molecule is Cc1cc(OC(C)C(=O)Nc2ccc(C)c(Cl)c2)ccc1Cl. The summed E-state index contributed by atoms with van der Waals surface area (Å²) in [7, 11) is 0. The zero-order valence-electron chi connectivity index (χ0n) is 12.6. The number of amides is 1. The topological polar surface area (TPSA) is 38.3 Å². The third kappa shape index (κ3) is 4.15. The summed E-state index contributed by atoms with van der Waals surface area (Å²) in [6, 6.07) is 10.7. The van der Waals surface area contributed by atoms with Crippen LogP contribution >= 0.6 is 23.2 Å². The van der Waals surface area contributed by atoms with E-state index in [1.165, 1.54) is 0 Å². The van der Waals surface area contributed by atoms with Gasteiger partial charge in [-0.2, -0.15) is 0 Å². The Kier molecular flexibility index (Phi) is 5.33. The molecule has 0 spiro atoms. The van der Waals surface area contributed by atoms with E-state index in [1.807, 2.05) is 19.9 Å². The molecule has 2 aromatic carbocycles. The number of hydrogen-bond donors (Lipinski definition) is 1. The molecule has 1 unspecified atom stereocenters. The first-order valence-electron chi connectivity index (χ1n) is 6.86. The summed E-state index contributed by atoms with van der Waals surface area (Å²) in [4.78, 5) is 12.2. The van der Waals surface area contributed by atoms with E-state index < -0.39 is 6.10 Å². The number of aryl methyl sites for hydroxylation is 2. The molecule has 1 amide bonds. The number of anilines is 1. The zero-order valence-corrected chi connectivity index (χ0v) is 14.1. The number of ether oxygens (including phenoxy) is 1. The maximum atomic E-state index is 12.2. The maximum Gasteiger partial charge on any atom is 0.265 e. The van der Waals surface area contributed by atoms with Crippen molar-refractivity contribution in [3.63, 3.8) is 0 Å². The molecule has 0 saturated heterocycles. The number of benzene rings is 2. The van der Waals surface area contributed by atoms with Gasteiger partial charge in [0.25, 0.3) is 5.91 Å². The first kappa shape index (κ1) is 16.7. The van der Waals surface area contributed by atoms with Gasteiger partial charge in [0.05, 0.1) is 0 Å². The van der Waals surface area contributed by atoms with E-state index in [0.29, 0.717) is 21.5 Å². The predicted molar refractivity (Wildman–Crippen MR) is 91.1 cm³/mol. The van der Waals surface area contributed by atoms with Crippen LogP contribution in [0.25, 0.3) is 0 Å². The lowest BCUT2D eigenvalue weighted by molar-refractivity contribution is -0.122. The Morgan fingerprint density at radius 1 is 1.05 bits per heavy atom. The quantitative estimate of drug-likeness (QED) is 0.850. The van der Waals surface area contributed by atoms with Gasteiger partial charge in [0.1, 0.15) is 5.75 Å². The van der Waals surface area contributed by atoms with E-state index in [4.69, 9.17) is 27.9 Å². The first-order valence-corrected chi connectivity index (χ1v) is 7.62. The van der Waals surface area contributed by atoms with Gasteiger partial charge in [0.2, 0.25) is 0 Å². The fraction of sp³-hybridized carbons (Fsp3) is 0.235. The second kappa shape index (κ2) is 7.03. The molecule has 0 radical (unpaired) electrons. The molecule has 2 rings (SSSR count). The van der Waals surface area contributed by atoms with E-state index in [1.54, 1.807) is 37.3 Å². The van der Waals surface area contributed by atoms with Crippen LogP contribution in [0, 0.1) is 13.8 Å². The van der Waals surface area contributed by atoms with Crippen LogP contribution in [0.4, 0.5) is 5.69 Å². The van der Waals surface area contributed by atoms with Gasteiger partial charge in [0.15, 0.2) is 6.10 Å². The minimum atomic E-state index is -0.638. The molecule has 0 heterocycles. The molecule has 0 fully saturated rings. The van der Waals surface area contributed by atoms with E-state index in [9.17, 15) is 4.79 Å². The van der Waals surface area contributed by atoms with Crippen molar-refractivity contribution in [1.29, 1.82) is 0 Å². The highest BCUT2D eigenvalue weighted by molar-refractivity contribution is 6.31. The molecular formula is C17H17Cl2NO2. The van der Waals surface area contributed by atoms with Crippen molar-refractivity contribution in [3.05, 3.63) is 57.6 Å². The molecule has 3 nitrogen and oxygen atoms in total. The van der Waals surface area contributed by atoms with Gasteiger partial charge in [-0.3, -0.25) is 4.79 Å². The van der Waals surface area contributed by atoms with Crippen LogP contribution < -0.4 is 10.1 Å². The fourth-order valence-electron chi connectivity index (χ4n) is 1.86. The highest BCUT2D eigenvalue weighted by Gasteiger charge is 2.15. The summed E-state index contributed by atoms with van der Waals surface area (Å²) in [5.41, 5.74) is 2.50. The molecule has 0 aliphatic heterocycles. The van der Waals surface area contributed by atoms with Crippen LogP contribution in [0.2, 0.25) is 10.0 Å². The average molecular weight is 338 g/mol. The summed E-state index contributed by atoms with van der Waals surface area (Å²) in [5.74, 6) is 0.360. The highest BCUT2D eigenvalue weighted by atomic mass is 35.5. The minimum Gasteiger partial charge on any atom is -0.481 e. The van der Waals surface area contributed by atoms with Gasteiger partial charge in [-0.25, -0.2) is 0 Å². The standard InChI is InChI=1S/C17H17Cl2NO2/c1-10-4-5-13(9-16(10)19)20-17(21)12(3)22-14-6-7-15(18)11(2)8-14/h4-9,12H,1-3H3,(H,20,21). The van der Waals surface area contributed by atoms with Crippen molar-refractivity contribution in [3.8, 4) is 5.75 Å². The predicted octanol–water partition coefficient (Wildman–Crippen LogP) is 5.02. The van der Waals surface area contributed by atoms with Gasteiger partial charge in [-0.1, -0.05) is 29.3 Å². The molecule has 0 aromatic heterocycles.